The zero-order valence-corrected chi connectivity index (χ0v) is 12.6. The van der Waals surface area contributed by atoms with Crippen molar-refractivity contribution < 1.29 is 13.9 Å². The van der Waals surface area contributed by atoms with E-state index >= 15 is 0 Å². The van der Waals surface area contributed by atoms with Gasteiger partial charge in [0, 0.05) is 10.2 Å². The SMILES string of the molecule is COC(=O)c1ccc(-n2cnc3c(F)cc(Br)cc32)cc1. The monoisotopic (exact) mass is 348 g/mol. The Balaban J connectivity index is 2.10. The molecule has 0 aliphatic carbocycles. The quantitative estimate of drug-likeness (QED) is 0.663. The van der Waals surface area contributed by atoms with Crippen molar-refractivity contribution in [2.45, 2.75) is 0 Å². The standard InChI is InChI=1S/C15H10BrFN2O2/c1-21-15(20)9-2-4-11(5-3-9)19-8-18-14-12(17)6-10(16)7-13(14)19/h2-8H,1H3. The molecular formula is C15H10BrFN2O2. The number of fused-ring (bicyclic) bond motifs is 1. The summed E-state index contributed by atoms with van der Waals surface area (Å²) in [6.07, 6.45) is 1.55. The molecule has 0 atom stereocenters. The highest BCUT2D eigenvalue weighted by molar-refractivity contribution is 9.10. The van der Waals surface area contributed by atoms with Gasteiger partial charge >= 0.3 is 5.97 Å². The van der Waals surface area contributed by atoms with Gasteiger partial charge in [0.05, 0.1) is 18.2 Å². The van der Waals surface area contributed by atoms with E-state index in [2.05, 4.69) is 25.7 Å². The van der Waals surface area contributed by atoms with E-state index in [1.807, 2.05) is 0 Å². The van der Waals surface area contributed by atoms with Gasteiger partial charge in [-0.25, -0.2) is 14.2 Å². The van der Waals surface area contributed by atoms with Crippen molar-refractivity contribution in [3.05, 3.63) is 58.6 Å². The highest BCUT2D eigenvalue weighted by Gasteiger charge is 2.11. The molecule has 2 aromatic carbocycles. The molecule has 0 aliphatic rings. The summed E-state index contributed by atoms with van der Waals surface area (Å²) < 4.78 is 20.9. The van der Waals surface area contributed by atoms with Crippen molar-refractivity contribution in [3.63, 3.8) is 0 Å². The van der Waals surface area contributed by atoms with E-state index in [-0.39, 0.29) is 5.82 Å². The molecule has 0 saturated heterocycles. The first-order chi connectivity index (χ1) is 10.1. The normalized spacial score (nSPS) is 10.8. The first-order valence-corrected chi connectivity index (χ1v) is 6.90. The minimum Gasteiger partial charge on any atom is -0.465 e. The number of hydrogen-bond acceptors (Lipinski definition) is 3. The summed E-state index contributed by atoms with van der Waals surface area (Å²) in [6.45, 7) is 0. The van der Waals surface area contributed by atoms with E-state index in [9.17, 15) is 9.18 Å². The van der Waals surface area contributed by atoms with Gasteiger partial charge in [0.1, 0.15) is 11.8 Å². The number of carbonyl (C=O) groups is 1. The van der Waals surface area contributed by atoms with E-state index in [1.54, 1.807) is 41.2 Å². The first-order valence-electron chi connectivity index (χ1n) is 6.11. The summed E-state index contributed by atoms with van der Waals surface area (Å²) >= 11 is 3.27. The number of methoxy groups -OCH3 is 1. The summed E-state index contributed by atoms with van der Waals surface area (Å²) in [7, 11) is 1.33. The van der Waals surface area contributed by atoms with Crippen LogP contribution in [0.1, 0.15) is 10.4 Å². The van der Waals surface area contributed by atoms with E-state index in [1.165, 1.54) is 13.2 Å². The molecule has 21 heavy (non-hydrogen) atoms. The van der Waals surface area contributed by atoms with Gasteiger partial charge in [-0.15, -0.1) is 0 Å². The van der Waals surface area contributed by atoms with Gasteiger partial charge < -0.3 is 4.74 Å². The first kappa shape index (κ1) is 13.8. The Morgan fingerprint density at radius 1 is 1.29 bits per heavy atom. The van der Waals surface area contributed by atoms with Crippen LogP contribution >= 0.6 is 15.9 Å². The number of nitrogens with zero attached hydrogens (tertiary/aromatic N) is 2. The lowest BCUT2D eigenvalue weighted by Gasteiger charge is -2.06. The number of ether oxygens (including phenoxy) is 1. The Labute approximate surface area is 128 Å². The van der Waals surface area contributed by atoms with Crippen LogP contribution < -0.4 is 0 Å². The topological polar surface area (TPSA) is 44.1 Å². The van der Waals surface area contributed by atoms with E-state index < -0.39 is 5.97 Å². The molecule has 0 fully saturated rings. The molecule has 106 valence electrons. The lowest BCUT2D eigenvalue weighted by atomic mass is 10.2. The third-order valence-corrected chi connectivity index (χ3v) is 3.59. The van der Waals surface area contributed by atoms with E-state index in [4.69, 9.17) is 0 Å². The Kier molecular flexibility index (Phi) is 3.47. The van der Waals surface area contributed by atoms with E-state index in [0.717, 1.165) is 5.69 Å². The second-order valence-electron chi connectivity index (χ2n) is 4.41. The molecule has 0 radical (unpaired) electrons. The van der Waals surface area contributed by atoms with Crippen LogP contribution in [0.15, 0.2) is 47.2 Å². The molecule has 0 bridgehead atoms. The molecule has 0 spiro atoms. The number of rotatable bonds is 2. The van der Waals surface area contributed by atoms with Gasteiger partial charge in [-0.05, 0) is 36.4 Å². The number of esters is 1. The zero-order valence-electron chi connectivity index (χ0n) is 11.0. The van der Waals surface area contributed by atoms with Gasteiger partial charge in [0.25, 0.3) is 0 Å². The summed E-state index contributed by atoms with van der Waals surface area (Å²) in [5.41, 5.74) is 2.18. The molecule has 0 unspecified atom stereocenters. The molecule has 1 heterocycles. The molecule has 4 nitrogen and oxygen atoms in total. The minimum atomic E-state index is -0.397. The molecular weight excluding hydrogens is 339 g/mol. The highest BCUT2D eigenvalue weighted by atomic mass is 79.9. The van der Waals surface area contributed by atoms with Gasteiger partial charge in [-0.3, -0.25) is 4.57 Å². The summed E-state index contributed by atoms with van der Waals surface area (Å²) in [5.74, 6) is -0.782. The van der Waals surface area contributed by atoms with Gasteiger partial charge in [0.15, 0.2) is 5.82 Å². The molecule has 1 aromatic heterocycles. The van der Waals surface area contributed by atoms with Crippen LogP contribution in [0.5, 0.6) is 0 Å². The molecule has 6 heteroatoms. The lowest BCUT2D eigenvalue weighted by Crippen LogP contribution is -2.01. The number of aromatic nitrogens is 2. The predicted molar refractivity (Wildman–Crippen MR) is 80.1 cm³/mol. The number of imidazole rings is 1. The fourth-order valence-electron chi connectivity index (χ4n) is 2.12. The summed E-state index contributed by atoms with van der Waals surface area (Å²) in [4.78, 5) is 15.5. The van der Waals surface area contributed by atoms with Crippen molar-refractivity contribution in [1.82, 2.24) is 9.55 Å². The molecule has 0 aliphatic heterocycles. The van der Waals surface area contributed by atoms with Crippen molar-refractivity contribution in [3.8, 4) is 5.69 Å². The summed E-state index contributed by atoms with van der Waals surface area (Å²) in [5, 5.41) is 0. The Morgan fingerprint density at radius 2 is 2.00 bits per heavy atom. The highest BCUT2D eigenvalue weighted by Crippen LogP contribution is 2.25. The van der Waals surface area contributed by atoms with Crippen LogP contribution in [0.3, 0.4) is 0 Å². The second-order valence-corrected chi connectivity index (χ2v) is 5.32. The lowest BCUT2D eigenvalue weighted by molar-refractivity contribution is 0.0601. The number of benzene rings is 2. The molecule has 0 saturated carbocycles. The average Bonchev–Trinajstić information content (AvgIpc) is 2.90. The Hall–Kier alpha value is -2.21. The minimum absolute atomic E-state index is 0.301. The molecule has 3 aromatic rings. The van der Waals surface area contributed by atoms with Crippen molar-refractivity contribution in [2.24, 2.45) is 0 Å². The van der Waals surface area contributed by atoms with Gasteiger partial charge in [-0.1, -0.05) is 15.9 Å². The van der Waals surface area contributed by atoms with Gasteiger partial charge in [-0.2, -0.15) is 0 Å². The van der Waals surface area contributed by atoms with Crippen LogP contribution in [0, 0.1) is 5.82 Å². The van der Waals surface area contributed by atoms with Crippen LogP contribution in [0.4, 0.5) is 4.39 Å². The number of hydrogen-bond donors (Lipinski definition) is 0. The van der Waals surface area contributed by atoms with E-state index in [0.29, 0.717) is 21.1 Å². The molecule has 0 N–H and O–H groups in total. The fourth-order valence-corrected chi connectivity index (χ4v) is 2.54. The van der Waals surface area contributed by atoms with Crippen LogP contribution in [-0.4, -0.2) is 22.6 Å². The third kappa shape index (κ3) is 2.42. The van der Waals surface area contributed by atoms with Crippen LogP contribution in [0.2, 0.25) is 0 Å². The molecule has 3 rings (SSSR count). The fraction of sp³-hybridized carbons (Fsp3) is 0.0667. The van der Waals surface area contributed by atoms with Crippen LogP contribution in [0.25, 0.3) is 16.7 Å². The Bertz CT molecular complexity index is 828. The number of halogens is 2. The van der Waals surface area contributed by atoms with Crippen molar-refractivity contribution in [2.75, 3.05) is 7.11 Å². The largest absolute Gasteiger partial charge is 0.465 e. The maximum Gasteiger partial charge on any atom is 0.337 e. The maximum absolute atomic E-state index is 13.8. The second kappa shape index (κ2) is 5.29. The average molecular weight is 349 g/mol. The zero-order chi connectivity index (χ0) is 15.0. The Morgan fingerprint density at radius 3 is 2.67 bits per heavy atom. The van der Waals surface area contributed by atoms with Crippen LogP contribution in [-0.2, 0) is 4.74 Å². The summed E-state index contributed by atoms with van der Waals surface area (Å²) in [6, 6.07) is 9.99. The van der Waals surface area contributed by atoms with Gasteiger partial charge in [0.2, 0.25) is 0 Å². The number of carbonyl (C=O) groups excluding carboxylic acids is 1. The molecule has 0 amide bonds. The maximum atomic E-state index is 13.8. The smallest absolute Gasteiger partial charge is 0.337 e. The third-order valence-electron chi connectivity index (χ3n) is 3.14. The van der Waals surface area contributed by atoms with Crippen molar-refractivity contribution >= 4 is 32.9 Å². The van der Waals surface area contributed by atoms with Crippen molar-refractivity contribution in [1.29, 1.82) is 0 Å². The predicted octanol–water partition coefficient (Wildman–Crippen LogP) is 3.71.